The molecule has 2 amide bonds. The van der Waals surface area contributed by atoms with Crippen LogP contribution in [0.3, 0.4) is 0 Å². The van der Waals surface area contributed by atoms with Gasteiger partial charge in [-0.15, -0.1) is 0 Å². The van der Waals surface area contributed by atoms with Crippen molar-refractivity contribution < 1.29 is 19.1 Å². The average Bonchev–Trinajstić information content (AvgIpc) is 2.76. The van der Waals surface area contributed by atoms with Crippen LogP contribution in [0.4, 0.5) is 0 Å². The molecule has 6 nitrogen and oxygen atoms in total. The minimum Gasteiger partial charge on any atom is -0.484 e. The van der Waals surface area contributed by atoms with E-state index in [1.807, 2.05) is 48.5 Å². The van der Waals surface area contributed by atoms with E-state index in [1.165, 1.54) is 0 Å². The fraction of sp³-hybridized carbons (Fsp3) is 0.0909. The van der Waals surface area contributed by atoms with Gasteiger partial charge in [0, 0.05) is 10.6 Å². The van der Waals surface area contributed by atoms with Crippen LogP contribution < -0.4 is 20.3 Å². The summed E-state index contributed by atoms with van der Waals surface area (Å²) in [6, 6.07) is 23.7. The highest BCUT2D eigenvalue weighted by Gasteiger charge is 2.09. The lowest BCUT2D eigenvalue weighted by Crippen LogP contribution is -2.45. The van der Waals surface area contributed by atoms with Gasteiger partial charge in [0.05, 0.1) is 0 Å². The summed E-state index contributed by atoms with van der Waals surface area (Å²) >= 11 is 5.78. The number of rotatable bonds is 7. The molecule has 0 aliphatic carbocycles. The van der Waals surface area contributed by atoms with Gasteiger partial charge in [-0.3, -0.25) is 20.4 Å². The minimum absolute atomic E-state index is 0.248. The highest BCUT2D eigenvalue weighted by Crippen LogP contribution is 2.29. The standard InChI is InChI=1S/C22H19ClN2O4/c23-17-10-12-18(13-11-17)28-14-21(26)24-25-22(27)15-29-20-9-5-4-8-19(20)16-6-2-1-3-7-16/h1-13H,14-15H2,(H,24,26)(H,25,27). The second-order valence-corrected chi connectivity index (χ2v) is 6.43. The smallest absolute Gasteiger partial charge is 0.276 e. The molecule has 3 aromatic carbocycles. The molecular weight excluding hydrogens is 392 g/mol. The zero-order valence-corrected chi connectivity index (χ0v) is 16.2. The zero-order valence-electron chi connectivity index (χ0n) is 15.4. The number of halogens is 1. The Morgan fingerprint density at radius 1 is 0.724 bits per heavy atom. The maximum absolute atomic E-state index is 12.0. The molecule has 0 aromatic heterocycles. The number of carbonyl (C=O) groups excluding carboxylic acids is 2. The van der Waals surface area contributed by atoms with Crippen molar-refractivity contribution in [2.75, 3.05) is 13.2 Å². The number of carbonyl (C=O) groups is 2. The van der Waals surface area contributed by atoms with Crippen LogP contribution in [0.5, 0.6) is 11.5 Å². The Labute approximate surface area is 173 Å². The van der Waals surface area contributed by atoms with E-state index in [0.717, 1.165) is 11.1 Å². The molecule has 148 valence electrons. The molecule has 0 radical (unpaired) electrons. The summed E-state index contributed by atoms with van der Waals surface area (Å²) in [6.45, 7) is -0.498. The third kappa shape index (κ3) is 6.26. The maximum atomic E-state index is 12.0. The van der Waals surface area contributed by atoms with Gasteiger partial charge in [0.25, 0.3) is 11.8 Å². The third-order valence-electron chi connectivity index (χ3n) is 3.86. The fourth-order valence-corrected chi connectivity index (χ4v) is 2.61. The van der Waals surface area contributed by atoms with Gasteiger partial charge in [0.15, 0.2) is 13.2 Å². The van der Waals surface area contributed by atoms with Crippen LogP contribution >= 0.6 is 11.6 Å². The third-order valence-corrected chi connectivity index (χ3v) is 4.11. The Balaban J connectivity index is 1.44. The Hall–Kier alpha value is -3.51. The number of ether oxygens (including phenoxy) is 2. The van der Waals surface area contributed by atoms with E-state index in [-0.39, 0.29) is 13.2 Å². The summed E-state index contributed by atoms with van der Waals surface area (Å²) in [7, 11) is 0. The van der Waals surface area contributed by atoms with Gasteiger partial charge in [-0.2, -0.15) is 0 Å². The largest absolute Gasteiger partial charge is 0.484 e. The minimum atomic E-state index is -0.502. The van der Waals surface area contributed by atoms with Crippen molar-refractivity contribution in [1.29, 1.82) is 0 Å². The molecule has 0 unspecified atom stereocenters. The van der Waals surface area contributed by atoms with E-state index in [2.05, 4.69) is 10.9 Å². The zero-order chi connectivity index (χ0) is 20.5. The molecular formula is C22H19ClN2O4. The molecule has 0 aliphatic rings. The van der Waals surface area contributed by atoms with E-state index < -0.39 is 11.8 Å². The maximum Gasteiger partial charge on any atom is 0.276 e. The molecule has 0 atom stereocenters. The number of para-hydroxylation sites is 1. The summed E-state index contributed by atoms with van der Waals surface area (Å²) in [5, 5.41) is 0.572. The van der Waals surface area contributed by atoms with Crippen LogP contribution in [-0.2, 0) is 9.59 Å². The molecule has 7 heteroatoms. The molecule has 0 saturated heterocycles. The first-order valence-corrected chi connectivity index (χ1v) is 9.23. The number of amides is 2. The van der Waals surface area contributed by atoms with Crippen LogP contribution in [0.1, 0.15) is 0 Å². The number of benzene rings is 3. The van der Waals surface area contributed by atoms with Gasteiger partial charge < -0.3 is 9.47 Å². The molecule has 2 N–H and O–H groups in total. The normalized spacial score (nSPS) is 10.1. The highest BCUT2D eigenvalue weighted by molar-refractivity contribution is 6.30. The molecule has 3 rings (SSSR count). The molecule has 29 heavy (non-hydrogen) atoms. The summed E-state index contributed by atoms with van der Waals surface area (Å²) in [5.74, 6) is 0.0775. The Morgan fingerprint density at radius 2 is 1.31 bits per heavy atom. The Kier molecular flexibility index (Phi) is 7.08. The molecule has 0 aliphatic heterocycles. The van der Waals surface area contributed by atoms with Crippen LogP contribution in [0.2, 0.25) is 5.02 Å². The van der Waals surface area contributed by atoms with Crippen molar-refractivity contribution in [2.24, 2.45) is 0 Å². The monoisotopic (exact) mass is 410 g/mol. The molecule has 0 bridgehead atoms. The quantitative estimate of drug-likeness (QED) is 0.583. The van der Waals surface area contributed by atoms with E-state index in [9.17, 15) is 9.59 Å². The molecule has 3 aromatic rings. The fourth-order valence-electron chi connectivity index (χ4n) is 2.48. The van der Waals surface area contributed by atoms with Crippen LogP contribution in [0.15, 0.2) is 78.9 Å². The van der Waals surface area contributed by atoms with Gasteiger partial charge in [-0.25, -0.2) is 0 Å². The Bertz CT molecular complexity index is 962. The van der Waals surface area contributed by atoms with Gasteiger partial charge >= 0.3 is 0 Å². The first-order chi connectivity index (χ1) is 14.1. The first-order valence-electron chi connectivity index (χ1n) is 8.85. The Morgan fingerprint density at radius 3 is 2.00 bits per heavy atom. The number of hydrazine groups is 1. The van der Waals surface area contributed by atoms with Gasteiger partial charge in [-0.1, -0.05) is 60.1 Å². The summed E-state index contributed by atoms with van der Waals surface area (Å²) < 4.78 is 10.9. The molecule has 0 fully saturated rings. The summed E-state index contributed by atoms with van der Waals surface area (Å²) in [6.07, 6.45) is 0. The summed E-state index contributed by atoms with van der Waals surface area (Å²) in [4.78, 5) is 23.8. The van der Waals surface area contributed by atoms with Crippen molar-refractivity contribution in [1.82, 2.24) is 10.9 Å². The van der Waals surface area contributed by atoms with Crippen molar-refractivity contribution in [3.63, 3.8) is 0 Å². The summed E-state index contributed by atoms with van der Waals surface area (Å²) in [5.41, 5.74) is 6.43. The number of hydrogen-bond acceptors (Lipinski definition) is 4. The lowest BCUT2D eigenvalue weighted by Gasteiger charge is -2.12. The van der Waals surface area contributed by atoms with Gasteiger partial charge in [0.2, 0.25) is 0 Å². The average molecular weight is 411 g/mol. The SMILES string of the molecule is O=C(COc1ccc(Cl)cc1)NNC(=O)COc1ccccc1-c1ccccc1. The van der Waals surface area contributed by atoms with Gasteiger partial charge in [0.1, 0.15) is 11.5 Å². The second kappa shape index (κ2) is 10.1. The number of hydrogen-bond donors (Lipinski definition) is 2. The van der Waals surface area contributed by atoms with Crippen molar-refractivity contribution >= 4 is 23.4 Å². The van der Waals surface area contributed by atoms with Crippen LogP contribution in [0.25, 0.3) is 11.1 Å². The molecule has 0 saturated carbocycles. The van der Waals surface area contributed by atoms with Crippen LogP contribution in [0, 0.1) is 0 Å². The van der Waals surface area contributed by atoms with E-state index >= 15 is 0 Å². The van der Waals surface area contributed by atoms with Crippen molar-refractivity contribution in [3.8, 4) is 22.6 Å². The van der Waals surface area contributed by atoms with Gasteiger partial charge in [-0.05, 0) is 35.9 Å². The first kappa shape index (κ1) is 20.2. The number of nitrogens with one attached hydrogen (secondary N) is 2. The highest BCUT2D eigenvalue weighted by atomic mass is 35.5. The lowest BCUT2D eigenvalue weighted by atomic mass is 10.1. The predicted molar refractivity (Wildman–Crippen MR) is 111 cm³/mol. The lowest BCUT2D eigenvalue weighted by molar-refractivity contribution is -0.131. The topological polar surface area (TPSA) is 76.7 Å². The van der Waals surface area contributed by atoms with Crippen molar-refractivity contribution in [3.05, 3.63) is 83.9 Å². The molecule has 0 spiro atoms. The second-order valence-electron chi connectivity index (χ2n) is 5.99. The van der Waals surface area contributed by atoms with E-state index in [0.29, 0.717) is 16.5 Å². The van der Waals surface area contributed by atoms with Crippen molar-refractivity contribution in [2.45, 2.75) is 0 Å². The van der Waals surface area contributed by atoms with Crippen LogP contribution in [-0.4, -0.2) is 25.0 Å². The van der Waals surface area contributed by atoms with E-state index in [4.69, 9.17) is 21.1 Å². The molecule has 0 heterocycles. The van der Waals surface area contributed by atoms with E-state index in [1.54, 1.807) is 30.3 Å². The predicted octanol–water partition coefficient (Wildman–Crippen LogP) is 3.61.